The number of benzene rings is 1. The molecular weight excluding hydrogens is 332 g/mol. The first-order valence-electron chi connectivity index (χ1n) is 9.25. The van der Waals surface area contributed by atoms with Crippen molar-refractivity contribution in [2.24, 2.45) is 0 Å². The fraction of sp³-hybridized carbons (Fsp3) is 0.500. The van der Waals surface area contributed by atoms with Gasteiger partial charge >= 0.3 is 12.0 Å². The number of nitrogens with one attached hydrogen (secondary N) is 2. The molecule has 2 amide bonds. The van der Waals surface area contributed by atoms with Gasteiger partial charge in [-0.2, -0.15) is 0 Å². The zero-order valence-corrected chi connectivity index (χ0v) is 15.8. The molecule has 0 aromatic heterocycles. The van der Waals surface area contributed by atoms with Crippen LogP contribution in [0.1, 0.15) is 58.1 Å². The molecule has 0 aliphatic carbocycles. The lowest BCUT2D eigenvalue weighted by molar-refractivity contribution is -0.139. The Morgan fingerprint density at radius 2 is 1.81 bits per heavy atom. The van der Waals surface area contributed by atoms with Gasteiger partial charge in [0.1, 0.15) is 5.75 Å². The van der Waals surface area contributed by atoms with Crippen molar-refractivity contribution in [3.63, 3.8) is 0 Å². The van der Waals surface area contributed by atoms with E-state index in [2.05, 4.69) is 17.6 Å². The Morgan fingerprint density at radius 1 is 1.12 bits per heavy atom. The number of unbranched alkanes of at least 4 members (excludes halogenated alkanes) is 2. The first kappa shape index (κ1) is 19.8. The number of urea groups is 1. The second kappa shape index (κ2) is 9.85. The highest BCUT2D eigenvalue weighted by molar-refractivity contribution is 5.95. The van der Waals surface area contributed by atoms with Crippen LogP contribution in [0, 0.1) is 0 Å². The minimum absolute atomic E-state index is 0.346. The summed E-state index contributed by atoms with van der Waals surface area (Å²) >= 11 is 0. The smallest absolute Gasteiger partial charge is 0.338 e. The molecule has 6 nitrogen and oxygen atoms in total. The van der Waals surface area contributed by atoms with Crippen LogP contribution >= 0.6 is 0 Å². The zero-order chi connectivity index (χ0) is 18.9. The first-order valence-corrected chi connectivity index (χ1v) is 9.25. The molecule has 0 bridgehead atoms. The van der Waals surface area contributed by atoms with E-state index in [-0.39, 0.29) is 6.03 Å². The molecule has 1 atom stereocenters. The van der Waals surface area contributed by atoms with Gasteiger partial charge in [0, 0.05) is 11.3 Å². The monoisotopic (exact) mass is 360 g/mol. The van der Waals surface area contributed by atoms with Crippen molar-refractivity contribution >= 4 is 12.0 Å². The third-order valence-electron chi connectivity index (χ3n) is 4.21. The normalized spacial score (nSPS) is 16.7. The SMILES string of the molecule is CCCCOC(=O)C1=C(C)NC(=O)N[C@@H]1c1ccccc1OCCCC. The second-order valence-electron chi connectivity index (χ2n) is 6.30. The molecule has 0 saturated heterocycles. The molecule has 1 aliphatic heterocycles. The Balaban J connectivity index is 2.31. The lowest BCUT2D eigenvalue weighted by atomic mass is 9.95. The molecule has 1 heterocycles. The second-order valence-corrected chi connectivity index (χ2v) is 6.30. The molecule has 0 saturated carbocycles. The molecule has 2 N–H and O–H groups in total. The van der Waals surface area contributed by atoms with E-state index in [0.29, 0.717) is 30.2 Å². The highest BCUT2D eigenvalue weighted by Crippen LogP contribution is 2.33. The quantitative estimate of drug-likeness (QED) is 0.518. The highest BCUT2D eigenvalue weighted by Gasteiger charge is 2.33. The number of carbonyl (C=O) groups excluding carboxylic acids is 2. The number of ether oxygens (including phenoxy) is 2. The lowest BCUT2D eigenvalue weighted by Gasteiger charge is -2.29. The predicted octanol–water partition coefficient (Wildman–Crippen LogP) is 3.84. The predicted molar refractivity (Wildman–Crippen MR) is 99.8 cm³/mol. The Bertz CT molecular complexity index is 670. The summed E-state index contributed by atoms with van der Waals surface area (Å²) in [5, 5.41) is 5.49. The van der Waals surface area contributed by atoms with Gasteiger partial charge in [0.2, 0.25) is 0 Å². The third-order valence-corrected chi connectivity index (χ3v) is 4.21. The van der Waals surface area contributed by atoms with E-state index < -0.39 is 12.0 Å². The summed E-state index contributed by atoms with van der Waals surface area (Å²) in [6.45, 7) is 6.79. The maximum atomic E-state index is 12.6. The van der Waals surface area contributed by atoms with Crippen LogP contribution in [0.3, 0.4) is 0 Å². The number of allylic oxidation sites excluding steroid dienone is 1. The number of amides is 2. The van der Waals surface area contributed by atoms with Crippen molar-refractivity contribution in [2.45, 2.75) is 52.5 Å². The standard InChI is InChI=1S/C20H28N2O4/c1-4-6-12-25-16-11-9-8-10-15(16)18-17(14(3)21-20(24)22-18)19(23)26-13-7-5-2/h8-11,18H,4-7,12-13H2,1-3H3,(H2,21,22,24)/t18-/m1/s1. The minimum Gasteiger partial charge on any atom is -0.493 e. The van der Waals surface area contributed by atoms with Crippen LogP contribution in [0.4, 0.5) is 4.79 Å². The molecule has 142 valence electrons. The fourth-order valence-corrected chi connectivity index (χ4v) is 2.76. The van der Waals surface area contributed by atoms with Crippen LogP contribution in [0.5, 0.6) is 5.75 Å². The van der Waals surface area contributed by atoms with E-state index in [9.17, 15) is 9.59 Å². The average molecular weight is 360 g/mol. The number of rotatable bonds is 9. The maximum Gasteiger partial charge on any atom is 0.338 e. The topological polar surface area (TPSA) is 76.7 Å². The van der Waals surface area contributed by atoms with E-state index >= 15 is 0 Å². The molecule has 0 radical (unpaired) electrons. The lowest BCUT2D eigenvalue weighted by Crippen LogP contribution is -2.45. The number of hydrogen-bond acceptors (Lipinski definition) is 4. The Morgan fingerprint density at radius 3 is 2.54 bits per heavy atom. The Hall–Kier alpha value is -2.50. The summed E-state index contributed by atoms with van der Waals surface area (Å²) in [7, 11) is 0. The minimum atomic E-state index is -0.601. The van der Waals surface area contributed by atoms with Crippen molar-refractivity contribution in [1.82, 2.24) is 10.6 Å². The van der Waals surface area contributed by atoms with Crippen LogP contribution in [-0.2, 0) is 9.53 Å². The molecule has 0 fully saturated rings. The van der Waals surface area contributed by atoms with Gasteiger partial charge in [-0.25, -0.2) is 9.59 Å². The number of carbonyl (C=O) groups is 2. The van der Waals surface area contributed by atoms with E-state index in [4.69, 9.17) is 9.47 Å². The molecular formula is C20H28N2O4. The van der Waals surface area contributed by atoms with Crippen LogP contribution in [-0.4, -0.2) is 25.2 Å². The number of esters is 1. The van der Waals surface area contributed by atoms with Gasteiger partial charge in [0.25, 0.3) is 0 Å². The highest BCUT2D eigenvalue weighted by atomic mass is 16.5. The van der Waals surface area contributed by atoms with Gasteiger partial charge in [-0.1, -0.05) is 44.9 Å². The first-order chi connectivity index (χ1) is 12.6. The Kier molecular flexibility index (Phi) is 7.51. The zero-order valence-electron chi connectivity index (χ0n) is 15.8. The van der Waals surface area contributed by atoms with E-state index in [1.807, 2.05) is 31.2 Å². The Labute approximate surface area is 154 Å². The van der Waals surface area contributed by atoms with E-state index in [0.717, 1.165) is 31.2 Å². The largest absolute Gasteiger partial charge is 0.493 e. The van der Waals surface area contributed by atoms with Crippen LogP contribution in [0.2, 0.25) is 0 Å². The van der Waals surface area contributed by atoms with Crippen molar-refractivity contribution < 1.29 is 19.1 Å². The molecule has 26 heavy (non-hydrogen) atoms. The maximum absolute atomic E-state index is 12.6. The summed E-state index contributed by atoms with van der Waals surface area (Å²) in [5.41, 5.74) is 1.66. The molecule has 6 heteroatoms. The van der Waals surface area contributed by atoms with Crippen LogP contribution in [0.15, 0.2) is 35.5 Å². The molecule has 0 spiro atoms. The van der Waals surface area contributed by atoms with Gasteiger partial charge in [0.05, 0.1) is 24.8 Å². The summed E-state index contributed by atoms with van der Waals surface area (Å²) in [5.74, 6) is 0.247. The molecule has 2 rings (SSSR count). The summed E-state index contributed by atoms with van der Waals surface area (Å²) in [6, 6.07) is 6.52. The molecule has 1 aliphatic rings. The van der Waals surface area contributed by atoms with Gasteiger partial charge in [-0.05, 0) is 25.8 Å². The van der Waals surface area contributed by atoms with Gasteiger partial charge in [-0.3, -0.25) is 0 Å². The fourth-order valence-electron chi connectivity index (χ4n) is 2.76. The average Bonchev–Trinajstić information content (AvgIpc) is 2.62. The summed E-state index contributed by atoms with van der Waals surface area (Å²) in [6.07, 6.45) is 3.71. The van der Waals surface area contributed by atoms with Gasteiger partial charge in [0.15, 0.2) is 0 Å². The van der Waals surface area contributed by atoms with Crippen molar-refractivity contribution in [2.75, 3.05) is 13.2 Å². The van der Waals surface area contributed by atoms with Crippen LogP contribution in [0.25, 0.3) is 0 Å². The van der Waals surface area contributed by atoms with Crippen molar-refractivity contribution in [3.8, 4) is 5.75 Å². The molecule has 1 aromatic carbocycles. The third kappa shape index (κ3) is 5.00. The van der Waals surface area contributed by atoms with E-state index in [1.54, 1.807) is 6.92 Å². The molecule has 0 unspecified atom stereocenters. The summed E-state index contributed by atoms with van der Waals surface area (Å²) in [4.78, 5) is 24.6. The number of para-hydroxylation sites is 1. The molecule has 1 aromatic rings. The van der Waals surface area contributed by atoms with Crippen molar-refractivity contribution in [1.29, 1.82) is 0 Å². The van der Waals surface area contributed by atoms with Crippen molar-refractivity contribution in [3.05, 3.63) is 41.1 Å². The van der Waals surface area contributed by atoms with Gasteiger partial charge < -0.3 is 20.1 Å². The van der Waals surface area contributed by atoms with E-state index in [1.165, 1.54) is 0 Å². The summed E-state index contributed by atoms with van der Waals surface area (Å²) < 4.78 is 11.3. The van der Waals surface area contributed by atoms with Gasteiger partial charge in [-0.15, -0.1) is 0 Å². The van der Waals surface area contributed by atoms with Crippen LogP contribution < -0.4 is 15.4 Å². The number of hydrogen-bond donors (Lipinski definition) is 2.